The number of hydrogen-bond acceptors (Lipinski definition) is 0. The fourth-order valence-electron chi connectivity index (χ4n) is 1.95. The fourth-order valence-corrected chi connectivity index (χ4v) is 1.95. The van der Waals surface area contributed by atoms with Crippen LogP contribution in [-0.2, 0) is 0 Å². The van der Waals surface area contributed by atoms with Crippen molar-refractivity contribution in [2.75, 3.05) is 26.7 Å². The number of nitrogens with zero attached hydrogens (tertiary/aromatic N) is 4. The van der Waals surface area contributed by atoms with Crippen LogP contribution in [0, 0.1) is 0 Å². The third kappa shape index (κ3) is 13.2. The summed E-state index contributed by atoms with van der Waals surface area (Å²) in [5.41, 5.74) is 13.5. The van der Waals surface area contributed by atoms with E-state index in [1.165, 1.54) is 67.6 Å². The second-order valence-electron chi connectivity index (χ2n) is 4.94. The Bertz CT molecular complexity index is 164. The van der Waals surface area contributed by atoms with Crippen LogP contribution in [0.15, 0.2) is 0 Å². The SMILES string of the molecule is CCCC[N+](C)(CCCC)CCCC.[N-]=[N+]=[N-]. The Morgan fingerprint density at radius 1 is 0.765 bits per heavy atom. The number of quaternary nitrogens is 1. The van der Waals surface area contributed by atoms with Crippen molar-refractivity contribution in [2.45, 2.75) is 59.3 Å². The first kappa shape index (κ1) is 18.6. The van der Waals surface area contributed by atoms with Gasteiger partial charge in [0.05, 0.1) is 26.7 Å². The summed E-state index contributed by atoms with van der Waals surface area (Å²) in [4.78, 5) is 1.50. The van der Waals surface area contributed by atoms with Gasteiger partial charge in [0.2, 0.25) is 0 Å². The van der Waals surface area contributed by atoms with Crippen molar-refractivity contribution in [1.29, 1.82) is 0 Å². The molecule has 0 aromatic carbocycles. The summed E-state index contributed by atoms with van der Waals surface area (Å²) in [6, 6.07) is 0. The molecule has 0 aliphatic carbocycles. The molecule has 0 aromatic heterocycles. The molecule has 0 aromatic rings. The molecule has 0 atom stereocenters. The Morgan fingerprint density at radius 3 is 1.18 bits per heavy atom. The van der Waals surface area contributed by atoms with Crippen molar-refractivity contribution >= 4 is 0 Å². The quantitative estimate of drug-likeness (QED) is 0.243. The minimum atomic E-state index is 1.32. The van der Waals surface area contributed by atoms with Crippen LogP contribution in [0.4, 0.5) is 0 Å². The van der Waals surface area contributed by atoms with Gasteiger partial charge in [-0.2, -0.15) is 0 Å². The Morgan fingerprint density at radius 2 is 1.00 bits per heavy atom. The summed E-state index contributed by atoms with van der Waals surface area (Å²) in [7, 11) is 2.45. The third-order valence-electron chi connectivity index (χ3n) is 3.15. The predicted octanol–water partition coefficient (Wildman–Crippen LogP) is 4.70. The summed E-state index contributed by atoms with van der Waals surface area (Å²) < 4.78 is 1.32. The normalized spacial score (nSPS) is 10.4. The van der Waals surface area contributed by atoms with Crippen LogP contribution < -0.4 is 0 Å². The van der Waals surface area contributed by atoms with E-state index in [-0.39, 0.29) is 0 Å². The molecule has 0 aliphatic rings. The summed E-state index contributed by atoms with van der Waals surface area (Å²) in [6.45, 7) is 11.0. The monoisotopic (exact) mass is 242 g/mol. The lowest BCUT2D eigenvalue weighted by Gasteiger charge is -2.34. The average molecular weight is 242 g/mol. The zero-order chi connectivity index (χ0) is 13.6. The first-order valence-corrected chi connectivity index (χ1v) is 6.92. The molecule has 0 radical (unpaired) electrons. The van der Waals surface area contributed by atoms with Crippen molar-refractivity contribution in [2.24, 2.45) is 0 Å². The van der Waals surface area contributed by atoms with E-state index in [0.717, 1.165) is 0 Å². The molecule has 0 amide bonds. The van der Waals surface area contributed by atoms with Gasteiger partial charge in [-0.1, -0.05) is 40.0 Å². The van der Waals surface area contributed by atoms with Gasteiger partial charge in [-0.3, -0.25) is 4.91 Å². The van der Waals surface area contributed by atoms with E-state index in [4.69, 9.17) is 11.1 Å². The molecule has 0 bridgehead atoms. The molecule has 4 heteroatoms. The van der Waals surface area contributed by atoms with Crippen LogP contribution >= 0.6 is 0 Å². The molecule has 0 aliphatic heterocycles. The first-order valence-electron chi connectivity index (χ1n) is 6.92. The summed E-state index contributed by atoms with van der Waals surface area (Å²) in [6.07, 6.45) is 8.20. The van der Waals surface area contributed by atoms with Crippen LogP contribution in [0.3, 0.4) is 0 Å². The van der Waals surface area contributed by atoms with Crippen molar-refractivity contribution in [3.63, 3.8) is 0 Å². The molecule has 0 saturated heterocycles. The molecule has 0 rings (SSSR count). The van der Waals surface area contributed by atoms with Crippen LogP contribution in [0.1, 0.15) is 59.3 Å². The maximum Gasteiger partial charge on any atom is 0.0784 e. The Labute approximate surface area is 107 Å². The molecular formula is C13H30N4. The molecule has 0 spiro atoms. The highest BCUT2D eigenvalue weighted by Crippen LogP contribution is 2.10. The van der Waals surface area contributed by atoms with E-state index in [1.54, 1.807) is 0 Å². The highest BCUT2D eigenvalue weighted by Gasteiger charge is 2.18. The van der Waals surface area contributed by atoms with Gasteiger partial charge < -0.3 is 15.5 Å². The maximum absolute atomic E-state index is 6.75. The van der Waals surface area contributed by atoms with Crippen LogP contribution in [0.5, 0.6) is 0 Å². The molecule has 0 heterocycles. The van der Waals surface area contributed by atoms with Crippen LogP contribution in [0.25, 0.3) is 16.0 Å². The van der Waals surface area contributed by atoms with E-state index >= 15 is 0 Å². The van der Waals surface area contributed by atoms with Crippen molar-refractivity contribution in [1.82, 2.24) is 0 Å². The van der Waals surface area contributed by atoms with Gasteiger partial charge in [-0.25, -0.2) is 0 Å². The third-order valence-corrected chi connectivity index (χ3v) is 3.15. The van der Waals surface area contributed by atoms with E-state index in [1.807, 2.05) is 0 Å². The Hall–Kier alpha value is -0.730. The highest BCUT2D eigenvalue weighted by molar-refractivity contribution is 4.43. The van der Waals surface area contributed by atoms with Crippen LogP contribution in [0.2, 0.25) is 0 Å². The van der Waals surface area contributed by atoms with Gasteiger partial charge in [-0.05, 0) is 19.3 Å². The van der Waals surface area contributed by atoms with Crippen molar-refractivity contribution in [3.05, 3.63) is 16.0 Å². The molecule has 0 unspecified atom stereocenters. The molecule has 0 saturated carbocycles. The van der Waals surface area contributed by atoms with Gasteiger partial charge in [0.25, 0.3) is 0 Å². The topological polar surface area (TPSA) is 58.7 Å². The Kier molecular flexibility index (Phi) is 14.6. The summed E-state index contributed by atoms with van der Waals surface area (Å²) in [5.74, 6) is 0. The minimum Gasteiger partial charge on any atom is -0.373 e. The van der Waals surface area contributed by atoms with Crippen molar-refractivity contribution < 1.29 is 4.48 Å². The van der Waals surface area contributed by atoms with E-state index in [0.29, 0.717) is 0 Å². The van der Waals surface area contributed by atoms with Gasteiger partial charge in [0, 0.05) is 0 Å². The first-order chi connectivity index (χ1) is 8.10. The number of hydrogen-bond donors (Lipinski definition) is 0. The predicted molar refractivity (Wildman–Crippen MR) is 75.6 cm³/mol. The van der Waals surface area contributed by atoms with Gasteiger partial charge in [0.1, 0.15) is 0 Å². The number of unbranched alkanes of at least 4 members (excludes halogenated alkanes) is 3. The molecule has 0 N–H and O–H groups in total. The molecule has 0 fully saturated rings. The molecule has 102 valence electrons. The van der Waals surface area contributed by atoms with E-state index in [9.17, 15) is 0 Å². The minimum absolute atomic E-state index is 1.32. The largest absolute Gasteiger partial charge is 0.373 e. The van der Waals surface area contributed by atoms with E-state index < -0.39 is 0 Å². The number of rotatable bonds is 9. The standard InChI is InChI=1S/C13H30N.N3/c1-5-8-11-14(4,12-9-6-2)13-10-7-3;1-3-2/h5-13H2,1-4H3;/q+1;-1. The Balaban J connectivity index is 0. The lowest BCUT2D eigenvalue weighted by molar-refractivity contribution is -0.910. The lowest BCUT2D eigenvalue weighted by atomic mass is 10.2. The molecule has 4 nitrogen and oxygen atoms in total. The zero-order valence-corrected chi connectivity index (χ0v) is 12.2. The maximum atomic E-state index is 6.75. The second-order valence-corrected chi connectivity index (χ2v) is 4.94. The fraction of sp³-hybridized carbons (Fsp3) is 1.00. The molecular weight excluding hydrogens is 212 g/mol. The van der Waals surface area contributed by atoms with E-state index in [2.05, 4.69) is 27.8 Å². The second kappa shape index (κ2) is 13.3. The lowest BCUT2D eigenvalue weighted by Crippen LogP contribution is -2.46. The summed E-state index contributed by atoms with van der Waals surface area (Å²) in [5, 5.41) is 0. The van der Waals surface area contributed by atoms with Gasteiger partial charge >= 0.3 is 0 Å². The summed E-state index contributed by atoms with van der Waals surface area (Å²) >= 11 is 0. The molecule has 17 heavy (non-hydrogen) atoms. The zero-order valence-electron chi connectivity index (χ0n) is 12.2. The van der Waals surface area contributed by atoms with Gasteiger partial charge in [-0.15, -0.1) is 0 Å². The highest BCUT2D eigenvalue weighted by atomic mass is 15.3. The average Bonchev–Trinajstić information content (AvgIpc) is 2.33. The van der Waals surface area contributed by atoms with Crippen molar-refractivity contribution in [3.8, 4) is 0 Å². The van der Waals surface area contributed by atoms with Crippen LogP contribution in [-0.4, -0.2) is 31.2 Å². The smallest absolute Gasteiger partial charge is 0.0784 e. The van der Waals surface area contributed by atoms with Gasteiger partial charge in [0.15, 0.2) is 0 Å².